The number of rotatable bonds is 17. The van der Waals surface area contributed by atoms with Crippen LogP contribution in [0.2, 0.25) is 0 Å². The summed E-state index contributed by atoms with van der Waals surface area (Å²) in [7, 11) is 0. The molecule has 15 rings (SSSR count). The first-order valence-electron chi connectivity index (χ1n) is 37.7. The van der Waals surface area contributed by atoms with Crippen LogP contribution in [0.4, 0.5) is 124 Å². The van der Waals surface area contributed by atoms with Gasteiger partial charge in [0.15, 0.2) is 34.5 Å². The molecule has 0 aliphatic rings. The van der Waals surface area contributed by atoms with Crippen molar-refractivity contribution in [2.45, 2.75) is 139 Å². The fourth-order valence-corrected chi connectivity index (χ4v) is 13.1. The zero-order chi connectivity index (χ0) is 91.6. The second-order valence-corrected chi connectivity index (χ2v) is 28.6. The number of anilines is 7. The van der Waals surface area contributed by atoms with Gasteiger partial charge in [-0.1, -0.05) is 179 Å². The summed E-state index contributed by atoms with van der Waals surface area (Å²) in [6, 6.07) is 52.6. The van der Waals surface area contributed by atoms with Crippen LogP contribution in [0.3, 0.4) is 0 Å². The molecule has 12 heterocycles. The smallest absolute Gasteiger partial charge is 0.398 e. The molecule has 0 saturated heterocycles. The maximum absolute atomic E-state index is 13.2. The third-order valence-electron chi connectivity index (χ3n) is 17.8. The van der Waals surface area contributed by atoms with Crippen LogP contribution in [0.5, 0.6) is 0 Å². The number of alkyl halides is 18. The monoisotopic (exact) mass is 2210 g/mol. The molecular formula is C87H83Br3F19N21Pt. The molecule has 0 aliphatic carbocycles. The van der Waals surface area contributed by atoms with E-state index in [4.69, 9.17) is 5.73 Å². The van der Waals surface area contributed by atoms with E-state index in [-0.39, 0.29) is 71.3 Å². The Morgan fingerprint density at radius 1 is 0.328 bits per heavy atom. The number of nitrogens with zero attached hydrogens (tertiary/aromatic N) is 19. The maximum atomic E-state index is 13.2. The number of nitrogens with one attached hydrogen (secondary N) is 1. The Balaban J connectivity index is 0.000000310. The van der Waals surface area contributed by atoms with Gasteiger partial charge in [-0.3, -0.25) is 39.8 Å². The van der Waals surface area contributed by atoms with Crippen molar-refractivity contribution >= 4 is 88.1 Å². The predicted octanol–water partition coefficient (Wildman–Crippen LogP) is 26.1. The van der Waals surface area contributed by atoms with Crippen molar-refractivity contribution in [3.05, 3.63) is 319 Å². The molecule has 131 heavy (non-hydrogen) atoms. The fourth-order valence-electron chi connectivity index (χ4n) is 11.8. The number of aromatic nitrogens is 18. The SMILES string of the molecule is Brc1cccc(Br)n1.C.C.C.CCc1cccc(CC)c1N.CCc1cccc(CC)c1N(c1cccc(-n2[c-]cc(C(F)(F)F)n2)n1)c1cccc(-n2[c-]cc(C(F)(F)F)n2)n1.CCc1cccc(CC)c1N(c1cccc(-n2ccc(C(F)(F)F)n2)n1)c1cccc(-n2ccc(C(F)(F)F)n2)n1.F.FC(F)(F)c1ccn(-c2cccc(Br)n2)n1.FC(F)(F)c1ccn[nH]1.[Pt+2]. The van der Waals surface area contributed by atoms with Crippen LogP contribution >= 0.6 is 47.8 Å². The van der Waals surface area contributed by atoms with E-state index in [1.54, 1.807) is 81.6 Å². The van der Waals surface area contributed by atoms with Gasteiger partial charge in [-0.2, -0.15) is 99.4 Å². The number of benzene rings is 3. The fraction of sp³-hybridized carbons (Fsp3) is 0.241. The van der Waals surface area contributed by atoms with E-state index < -0.39 is 71.2 Å². The zero-order valence-corrected chi connectivity index (χ0v) is 74.4. The van der Waals surface area contributed by atoms with Crippen LogP contribution in [-0.2, 0) is 96.6 Å². The Bertz CT molecular complexity index is 5560. The predicted molar refractivity (Wildman–Crippen MR) is 467 cm³/mol. The van der Waals surface area contributed by atoms with Gasteiger partial charge in [-0.15, -0.1) is 12.1 Å². The summed E-state index contributed by atoms with van der Waals surface area (Å²) >= 11 is 9.57. The molecule has 21 nitrogen and oxygen atoms in total. The largest absolute Gasteiger partial charge is 2.00 e. The van der Waals surface area contributed by atoms with Crippen molar-refractivity contribution < 1.29 is 105 Å². The van der Waals surface area contributed by atoms with Gasteiger partial charge in [0.1, 0.15) is 42.8 Å². The second kappa shape index (κ2) is 47.7. The number of aromatic amines is 1. The van der Waals surface area contributed by atoms with E-state index >= 15 is 0 Å². The molecule has 0 aliphatic heterocycles. The number of hydrogen-bond donors (Lipinski definition) is 2. The number of para-hydroxylation sites is 3. The molecular weight excluding hydrogens is 2130 g/mol. The Kier molecular flexibility index (Phi) is 39.9. The van der Waals surface area contributed by atoms with Crippen LogP contribution in [0.1, 0.15) is 131 Å². The van der Waals surface area contributed by atoms with Gasteiger partial charge in [-0.25, -0.2) is 34.0 Å². The van der Waals surface area contributed by atoms with Gasteiger partial charge in [-0.05, 0) is 205 Å². The van der Waals surface area contributed by atoms with Crippen molar-refractivity contribution in [2.75, 3.05) is 15.5 Å². The number of nitrogens with two attached hydrogens (primary N) is 1. The number of aryl methyl sites for hydroxylation is 6. The van der Waals surface area contributed by atoms with Crippen molar-refractivity contribution in [3.63, 3.8) is 0 Å². The number of H-pyrrole nitrogens is 1. The maximum Gasteiger partial charge on any atom is 2.00 e. The van der Waals surface area contributed by atoms with Crippen LogP contribution in [0, 0.1) is 12.4 Å². The van der Waals surface area contributed by atoms with E-state index in [9.17, 15) is 79.0 Å². The minimum absolute atomic E-state index is 0. The molecule has 0 atom stereocenters. The summed E-state index contributed by atoms with van der Waals surface area (Å²) in [6.07, 6.45) is -13.2. The van der Waals surface area contributed by atoms with E-state index in [0.717, 1.165) is 127 Å². The summed E-state index contributed by atoms with van der Waals surface area (Å²) in [5.74, 6) is 1.96. The van der Waals surface area contributed by atoms with Crippen molar-refractivity contribution in [2.24, 2.45) is 0 Å². The number of nitrogen functional groups attached to an aromatic ring is 1. The van der Waals surface area contributed by atoms with Crippen LogP contribution in [0.15, 0.2) is 239 Å². The summed E-state index contributed by atoms with van der Waals surface area (Å²) in [5.41, 5.74) is 8.58. The molecule has 3 aromatic carbocycles. The van der Waals surface area contributed by atoms with Crippen LogP contribution in [0.25, 0.3) is 29.1 Å². The summed E-state index contributed by atoms with van der Waals surface area (Å²) in [5, 5.41) is 22.8. The first-order valence-corrected chi connectivity index (χ1v) is 40.1. The average Bonchev–Trinajstić information content (AvgIpc) is 1.75. The molecule has 44 heteroatoms. The first kappa shape index (κ1) is 110. The summed E-state index contributed by atoms with van der Waals surface area (Å²) < 4.78 is 237. The van der Waals surface area contributed by atoms with Crippen LogP contribution < -0.4 is 15.5 Å². The second-order valence-electron chi connectivity index (χ2n) is 26.2. The Morgan fingerprint density at radius 2 is 0.595 bits per heavy atom. The molecule has 0 bridgehead atoms. The van der Waals surface area contributed by atoms with Gasteiger partial charge in [0.25, 0.3) is 0 Å². The normalized spacial score (nSPS) is 11.2. The van der Waals surface area contributed by atoms with Gasteiger partial charge in [0.2, 0.25) is 0 Å². The minimum Gasteiger partial charge on any atom is -0.398 e. The molecule has 0 fully saturated rings. The van der Waals surface area contributed by atoms with Gasteiger partial charge in [0.05, 0.1) is 34.4 Å². The van der Waals surface area contributed by atoms with Gasteiger partial charge in [0, 0.05) is 30.5 Å². The molecule has 0 amide bonds. The number of halogens is 22. The van der Waals surface area contributed by atoms with Gasteiger partial charge >= 0.3 is 58.1 Å². The molecule has 3 N–H and O–H groups in total. The van der Waals surface area contributed by atoms with Crippen molar-refractivity contribution in [1.29, 1.82) is 0 Å². The molecule has 12 aromatic heterocycles. The van der Waals surface area contributed by atoms with Crippen LogP contribution in [-0.4, -0.2) is 89.0 Å². The number of pyridine rings is 6. The molecule has 0 unspecified atom stereocenters. The summed E-state index contributed by atoms with van der Waals surface area (Å²) in [4.78, 5) is 29.9. The topological polar surface area (TPSA) is 228 Å². The van der Waals surface area contributed by atoms with Crippen molar-refractivity contribution in [1.82, 2.24) is 89.0 Å². The third-order valence-corrected chi connectivity index (χ3v) is 19.2. The Labute approximate surface area is 779 Å². The summed E-state index contributed by atoms with van der Waals surface area (Å²) in [6.45, 7) is 12.2. The van der Waals surface area contributed by atoms with Crippen molar-refractivity contribution in [3.8, 4) is 29.1 Å². The third kappa shape index (κ3) is 29.0. The molecule has 700 valence electrons. The minimum atomic E-state index is -4.65. The van der Waals surface area contributed by atoms with E-state index in [0.29, 0.717) is 59.4 Å². The van der Waals surface area contributed by atoms with Gasteiger partial charge < -0.3 is 15.1 Å². The quantitative estimate of drug-likeness (QED) is 0.0374. The average molecular weight is 2220 g/mol. The Morgan fingerprint density at radius 3 is 0.840 bits per heavy atom. The molecule has 0 spiro atoms. The zero-order valence-electron chi connectivity index (χ0n) is 67.3. The Hall–Kier alpha value is -12.0. The van der Waals surface area contributed by atoms with E-state index in [1.807, 2.05) is 82.3 Å². The standard InChI is InChI=1S/C28H23F6N7.C28H21F6N7.C10H15N.C9H5BrF3N3.C5H3Br2N.C4H3F3N2.3CH4.FH.Pt/c2*1-3-18-8-5-9-19(4-2)26(18)41(24-12-6-10-22(35-24)39-16-14-20(37-39)27(29,30)31)25-13-7-11-23(36-25)40-17-15-21(38-40)28(32,33)34;1-3-8-6-5-7-9(4-2)10(8)11;10-7-2-1-3-8(14-7)16-5-4-6(15-16)9(11,12)13;6-4-2-1-3-5(7)8-4;5-4(6,7)3-1-2-8-9-3;;;;;/h5-17H,3-4H2,1-2H3;5-15H,3-4H2,1-2H3;5-7H,3-4,11H2,1-2H3;1-5H;1-3H;1-2H,(H,8,9);3*1H4;1H;/q;-2;;;;;;;;;+2. The number of hydrogen-bond acceptors (Lipinski definition) is 15. The van der Waals surface area contributed by atoms with E-state index in [2.05, 4.69) is 153 Å². The molecule has 15 aromatic rings. The molecule has 0 saturated carbocycles. The van der Waals surface area contributed by atoms with E-state index in [1.165, 1.54) is 54.0 Å². The first-order chi connectivity index (χ1) is 59.6. The molecule has 0 radical (unpaired) electrons.